The summed E-state index contributed by atoms with van der Waals surface area (Å²) in [5, 5.41) is 5.70. The number of nitrogens with zero attached hydrogens (tertiary/aromatic N) is 1. The normalized spacial score (nSPS) is 12.8. The molecule has 0 spiro atoms. The Labute approximate surface area is 172 Å². The molecule has 7 heteroatoms. The number of amides is 1. The van der Waals surface area contributed by atoms with Crippen LogP contribution in [0.5, 0.6) is 0 Å². The van der Waals surface area contributed by atoms with Crippen molar-refractivity contribution in [1.82, 2.24) is 10.3 Å². The van der Waals surface area contributed by atoms with E-state index in [0.717, 1.165) is 11.1 Å². The Morgan fingerprint density at radius 1 is 1.11 bits per heavy atom. The lowest BCUT2D eigenvalue weighted by atomic mass is 10.1. The third kappa shape index (κ3) is 4.97. The van der Waals surface area contributed by atoms with Gasteiger partial charge in [0.25, 0.3) is 5.91 Å². The Balaban J connectivity index is 1.60. The minimum atomic E-state index is -0.935. The van der Waals surface area contributed by atoms with Gasteiger partial charge in [-0.1, -0.05) is 54.1 Å². The number of ether oxygens (including phenoxy) is 1. The minimum Gasteiger partial charge on any atom is -0.448 e. The van der Waals surface area contributed by atoms with Crippen LogP contribution in [0.15, 0.2) is 60.0 Å². The maximum atomic E-state index is 12.3. The number of aromatic nitrogens is 1. The van der Waals surface area contributed by atoms with Crippen molar-refractivity contribution < 1.29 is 14.3 Å². The van der Waals surface area contributed by atoms with Gasteiger partial charge in [0.15, 0.2) is 11.8 Å². The van der Waals surface area contributed by atoms with Gasteiger partial charge in [-0.05, 0) is 31.5 Å². The predicted molar refractivity (Wildman–Crippen MR) is 110 cm³/mol. The highest BCUT2D eigenvalue weighted by molar-refractivity contribution is 7.13. The number of rotatable bonds is 6. The van der Waals surface area contributed by atoms with E-state index in [1.807, 2.05) is 49.4 Å². The molecule has 0 saturated heterocycles. The van der Waals surface area contributed by atoms with Crippen LogP contribution >= 0.6 is 22.9 Å². The standard InChI is InChI=1S/C21H19ClN2O3S/c1-13(15-7-4-3-5-8-15)23-19(25)14(2)27-21(26)18-12-28-20(24-18)16-9-6-10-17(22)11-16/h3-14H,1-2H3,(H,23,25). The second kappa shape index (κ2) is 8.99. The molecule has 0 radical (unpaired) electrons. The first kappa shape index (κ1) is 20.0. The molecule has 0 aliphatic carbocycles. The van der Waals surface area contributed by atoms with Crippen LogP contribution in [0.3, 0.4) is 0 Å². The zero-order chi connectivity index (χ0) is 20.1. The number of carbonyl (C=O) groups excluding carboxylic acids is 2. The molecule has 3 aromatic rings. The minimum absolute atomic E-state index is 0.163. The van der Waals surface area contributed by atoms with E-state index >= 15 is 0 Å². The maximum absolute atomic E-state index is 12.3. The number of hydrogen-bond donors (Lipinski definition) is 1. The van der Waals surface area contributed by atoms with Crippen LogP contribution in [0.1, 0.15) is 35.9 Å². The first-order valence-corrected chi connectivity index (χ1v) is 9.97. The van der Waals surface area contributed by atoms with Crippen LogP contribution in [-0.2, 0) is 9.53 Å². The van der Waals surface area contributed by atoms with E-state index in [-0.39, 0.29) is 17.6 Å². The van der Waals surface area contributed by atoms with Crippen LogP contribution in [0.25, 0.3) is 10.6 Å². The molecular formula is C21H19ClN2O3S. The van der Waals surface area contributed by atoms with Crippen molar-refractivity contribution in [3.05, 3.63) is 76.3 Å². The van der Waals surface area contributed by atoms with Gasteiger partial charge < -0.3 is 10.1 Å². The molecule has 5 nitrogen and oxygen atoms in total. The quantitative estimate of drug-likeness (QED) is 0.583. The van der Waals surface area contributed by atoms with E-state index in [2.05, 4.69) is 10.3 Å². The number of hydrogen-bond acceptors (Lipinski definition) is 5. The number of esters is 1. The number of nitrogens with one attached hydrogen (secondary N) is 1. The van der Waals surface area contributed by atoms with Crippen LogP contribution in [0.2, 0.25) is 5.02 Å². The number of halogens is 1. The fourth-order valence-electron chi connectivity index (χ4n) is 2.55. The van der Waals surface area contributed by atoms with Gasteiger partial charge in [0.2, 0.25) is 0 Å². The van der Waals surface area contributed by atoms with Gasteiger partial charge in [0.05, 0.1) is 6.04 Å². The fourth-order valence-corrected chi connectivity index (χ4v) is 3.53. The third-order valence-corrected chi connectivity index (χ3v) is 5.22. The highest BCUT2D eigenvalue weighted by Crippen LogP contribution is 2.26. The molecule has 2 unspecified atom stereocenters. The maximum Gasteiger partial charge on any atom is 0.358 e. The Kier molecular flexibility index (Phi) is 6.44. The molecule has 0 bridgehead atoms. The van der Waals surface area contributed by atoms with Gasteiger partial charge in [-0.25, -0.2) is 9.78 Å². The van der Waals surface area contributed by atoms with Crippen molar-refractivity contribution in [3.8, 4) is 10.6 Å². The zero-order valence-electron chi connectivity index (χ0n) is 15.4. The molecule has 0 aliphatic heterocycles. The van der Waals surface area contributed by atoms with Crippen LogP contribution in [0.4, 0.5) is 0 Å². The largest absolute Gasteiger partial charge is 0.448 e. The molecule has 2 aromatic carbocycles. The lowest BCUT2D eigenvalue weighted by Crippen LogP contribution is -2.37. The Morgan fingerprint density at radius 3 is 2.57 bits per heavy atom. The first-order chi connectivity index (χ1) is 13.4. The number of thiazole rings is 1. The molecular weight excluding hydrogens is 396 g/mol. The molecule has 3 rings (SSSR count). The summed E-state index contributed by atoms with van der Waals surface area (Å²) in [5.74, 6) is -1.01. The molecule has 1 amide bonds. The summed E-state index contributed by atoms with van der Waals surface area (Å²) in [6.07, 6.45) is -0.935. The SMILES string of the molecule is CC(OC(=O)c1csc(-c2cccc(Cl)c2)n1)C(=O)NC(C)c1ccccc1. The molecule has 28 heavy (non-hydrogen) atoms. The lowest BCUT2D eigenvalue weighted by molar-refractivity contribution is -0.129. The average Bonchev–Trinajstić information content (AvgIpc) is 3.19. The summed E-state index contributed by atoms with van der Waals surface area (Å²) in [5.41, 5.74) is 1.95. The summed E-state index contributed by atoms with van der Waals surface area (Å²) in [6, 6.07) is 16.6. The van der Waals surface area contributed by atoms with Crippen molar-refractivity contribution in [3.63, 3.8) is 0 Å². The molecule has 2 atom stereocenters. The average molecular weight is 415 g/mol. The summed E-state index contributed by atoms with van der Waals surface area (Å²) < 4.78 is 5.28. The molecule has 1 N–H and O–H groups in total. The molecule has 1 heterocycles. The monoisotopic (exact) mass is 414 g/mol. The van der Waals surface area contributed by atoms with E-state index in [0.29, 0.717) is 10.0 Å². The summed E-state index contributed by atoms with van der Waals surface area (Å²) >= 11 is 7.31. The second-order valence-electron chi connectivity index (χ2n) is 6.24. The molecule has 0 saturated carbocycles. The van der Waals surface area contributed by atoms with Gasteiger partial charge in [0, 0.05) is 16.0 Å². The van der Waals surface area contributed by atoms with Crippen molar-refractivity contribution in [2.24, 2.45) is 0 Å². The smallest absolute Gasteiger partial charge is 0.358 e. The Hall–Kier alpha value is -2.70. The summed E-state index contributed by atoms with van der Waals surface area (Å²) in [6.45, 7) is 3.41. The summed E-state index contributed by atoms with van der Waals surface area (Å²) in [7, 11) is 0. The Bertz CT molecular complexity index is 975. The number of carbonyl (C=O) groups is 2. The van der Waals surface area contributed by atoms with E-state index in [1.165, 1.54) is 18.3 Å². The highest BCUT2D eigenvalue weighted by Gasteiger charge is 2.22. The zero-order valence-corrected chi connectivity index (χ0v) is 17.0. The van der Waals surface area contributed by atoms with Gasteiger partial charge in [-0.2, -0.15) is 0 Å². The van der Waals surface area contributed by atoms with Gasteiger partial charge in [-0.3, -0.25) is 4.79 Å². The predicted octanol–water partition coefficient (Wildman–Crippen LogP) is 4.89. The first-order valence-electron chi connectivity index (χ1n) is 8.72. The molecule has 1 aromatic heterocycles. The van der Waals surface area contributed by atoms with Crippen molar-refractivity contribution >= 4 is 34.8 Å². The van der Waals surface area contributed by atoms with Crippen LogP contribution in [-0.4, -0.2) is 23.0 Å². The van der Waals surface area contributed by atoms with Gasteiger partial charge in [-0.15, -0.1) is 11.3 Å². The van der Waals surface area contributed by atoms with Gasteiger partial charge >= 0.3 is 5.97 Å². The number of benzene rings is 2. The van der Waals surface area contributed by atoms with Gasteiger partial charge in [0.1, 0.15) is 5.01 Å². The topological polar surface area (TPSA) is 68.3 Å². The molecule has 0 fully saturated rings. The lowest BCUT2D eigenvalue weighted by Gasteiger charge is -2.18. The van der Waals surface area contributed by atoms with Crippen molar-refractivity contribution in [1.29, 1.82) is 0 Å². The third-order valence-electron chi connectivity index (χ3n) is 4.10. The fraction of sp³-hybridized carbons (Fsp3) is 0.190. The Morgan fingerprint density at radius 2 is 1.86 bits per heavy atom. The van der Waals surface area contributed by atoms with Crippen LogP contribution < -0.4 is 5.32 Å². The van der Waals surface area contributed by atoms with E-state index in [9.17, 15) is 9.59 Å². The summed E-state index contributed by atoms with van der Waals surface area (Å²) in [4.78, 5) is 29.0. The highest BCUT2D eigenvalue weighted by atomic mass is 35.5. The van der Waals surface area contributed by atoms with Crippen LogP contribution in [0, 0.1) is 0 Å². The van der Waals surface area contributed by atoms with Crippen molar-refractivity contribution in [2.45, 2.75) is 26.0 Å². The second-order valence-corrected chi connectivity index (χ2v) is 7.53. The van der Waals surface area contributed by atoms with E-state index in [4.69, 9.17) is 16.3 Å². The molecule has 144 valence electrons. The van der Waals surface area contributed by atoms with E-state index in [1.54, 1.807) is 17.5 Å². The van der Waals surface area contributed by atoms with E-state index < -0.39 is 12.1 Å². The molecule has 0 aliphatic rings. The van der Waals surface area contributed by atoms with Crippen molar-refractivity contribution in [2.75, 3.05) is 0 Å².